The van der Waals surface area contributed by atoms with Crippen LogP contribution in [0, 0.1) is 5.41 Å². The molecule has 3 aliphatic heterocycles. The Morgan fingerprint density at radius 2 is 1.85 bits per heavy atom. The monoisotopic (exact) mass is 569 g/mol. The van der Waals surface area contributed by atoms with E-state index in [1.165, 1.54) is 51.6 Å². The SMILES string of the molecule is Oc1cc(-c2cnc3c(N4CC5CCC(C4)N5)cc(OCC4(CN5CCCC5)CC4)nc3c2)c2c(Cl)cccc2c1. The molecule has 212 valence electrons. The van der Waals surface area contributed by atoms with Crippen molar-refractivity contribution in [2.24, 2.45) is 5.41 Å². The molecule has 8 rings (SSSR count). The van der Waals surface area contributed by atoms with Gasteiger partial charge in [-0.2, -0.15) is 0 Å². The fourth-order valence-electron chi connectivity index (χ4n) is 7.29. The number of rotatable bonds is 7. The lowest BCUT2D eigenvalue weighted by Crippen LogP contribution is -2.51. The third kappa shape index (κ3) is 4.88. The highest BCUT2D eigenvalue weighted by Gasteiger charge is 2.45. The minimum absolute atomic E-state index is 0.199. The second-order valence-electron chi connectivity index (χ2n) is 12.7. The number of aromatic hydroxyl groups is 1. The minimum atomic E-state index is 0.199. The van der Waals surface area contributed by atoms with Gasteiger partial charge in [-0.15, -0.1) is 0 Å². The molecule has 4 aliphatic rings. The Bertz CT molecular complexity index is 1620. The summed E-state index contributed by atoms with van der Waals surface area (Å²) in [6, 6.07) is 14.5. The Hall–Kier alpha value is -3.13. The van der Waals surface area contributed by atoms with E-state index in [1.54, 1.807) is 12.1 Å². The van der Waals surface area contributed by atoms with E-state index in [0.717, 1.165) is 58.3 Å². The van der Waals surface area contributed by atoms with Crippen molar-refractivity contribution < 1.29 is 9.84 Å². The van der Waals surface area contributed by atoms with Crippen molar-refractivity contribution in [1.82, 2.24) is 20.2 Å². The van der Waals surface area contributed by atoms with Gasteiger partial charge in [0.25, 0.3) is 0 Å². The number of pyridine rings is 2. The molecular formula is C33H36ClN5O2. The van der Waals surface area contributed by atoms with E-state index < -0.39 is 0 Å². The van der Waals surface area contributed by atoms with Gasteiger partial charge in [0.2, 0.25) is 5.88 Å². The van der Waals surface area contributed by atoms with Crippen LogP contribution in [0.1, 0.15) is 38.5 Å². The number of halogens is 1. The molecule has 0 radical (unpaired) electrons. The van der Waals surface area contributed by atoms with Crippen LogP contribution in [0.4, 0.5) is 5.69 Å². The smallest absolute Gasteiger partial charge is 0.216 e. The Kier molecular flexibility index (Phi) is 6.24. The van der Waals surface area contributed by atoms with Crippen LogP contribution in [-0.4, -0.2) is 71.4 Å². The Morgan fingerprint density at radius 1 is 1.05 bits per heavy atom. The van der Waals surface area contributed by atoms with Crippen molar-refractivity contribution in [3.8, 4) is 22.8 Å². The second kappa shape index (κ2) is 10.0. The number of aromatic nitrogens is 2. The van der Waals surface area contributed by atoms with Crippen LogP contribution in [-0.2, 0) is 0 Å². The van der Waals surface area contributed by atoms with Gasteiger partial charge in [0.05, 0.1) is 17.8 Å². The molecule has 5 heterocycles. The van der Waals surface area contributed by atoms with Crippen LogP contribution in [0.5, 0.6) is 11.6 Å². The van der Waals surface area contributed by atoms with E-state index in [9.17, 15) is 5.11 Å². The normalized spacial score (nSPS) is 23.5. The Balaban J connectivity index is 1.19. The molecule has 2 atom stereocenters. The van der Waals surface area contributed by atoms with Crippen LogP contribution < -0.4 is 15.0 Å². The van der Waals surface area contributed by atoms with Gasteiger partial charge in [-0.25, -0.2) is 4.98 Å². The van der Waals surface area contributed by atoms with Crippen LogP contribution in [0.3, 0.4) is 0 Å². The first kappa shape index (κ1) is 25.6. The van der Waals surface area contributed by atoms with Crippen molar-refractivity contribution >= 4 is 39.1 Å². The van der Waals surface area contributed by atoms with Gasteiger partial charge in [0, 0.05) is 65.4 Å². The summed E-state index contributed by atoms with van der Waals surface area (Å²) in [5, 5.41) is 16.7. The Labute approximate surface area is 245 Å². The van der Waals surface area contributed by atoms with Gasteiger partial charge in [-0.3, -0.25) is 4.98 Å². The summed E-state index contributed by atoms with van der Waals surface area (Å²) in [6.45, 7) is 6.19. The van der Waals surface area contributed by atoms with Gasteiger partial charge >= 0.3 is 0 Å². The number of nitrogens with one attached hydrogen (secondary N) is 1. The topological polar surface area (TPSA) is 73.8 Å². The molecule has 2 bridgehead atoms. The summed E-state index contributed by atoms with van der Waals surface area (Å²) in [7, 11) is 0. The summed E-state index contributed by atoms with van der Waals surface area (Å²) in [4.78, 5) is 15.1. The number of likely N-dealkylation sites (tertiary alicyclic amines) is 1. The van der Waals surface area contributed by atoms with Crippen LogP contribution >= 0.6 is 11.6 Å². The summed E-state index contributed by atoms with van der Waals surface area (Å²) < 4.78 is 6.54. The van der Waals surface area contributed by atoms with E-state index in [-0.39, 0.29) is 11.2 Å². The van der Waals surface area contributed by atoms with E-state index in [1.807, 2.05) is 24.4 Å². The molecule has 1 saturated carbocycles. The molecule has 3 saturated heterocycles. The molecule has 7 nitrogen and oxygen atoms in total. The van der Waals surface area contributed by atoms with Crippen molar-refractivity contribution in [2.75, 3.05) is 44.2 Å². The highest BCUT2D eigenvalue weighted by Crippen LogP contribution is 2.47. The average molecular weight is 570 g/mol. The molecule has 0 spiro atoms. The second-order valence-corrected chi connectivity index (χ2v) is 13.1. The molecular weight excluding hydrogens is 534 g/mol. The lowest BCUT2D eigenvalue weighted by atomic mass is 9.98. The van der Waals surface area contributed by atoms with Crippen LogP contribution in [0.25, 0.3) is 32.9 Å². The first-order valence-electron chi connectivity index (χ1n) is 15.1. The maximum Gasteiger partial charge on any atom is 0.216 e. The molecule has 2 aromatic carbocycles. The molecule has 1 aliphatic carbocycles. The fourth-order valence-corrected chi connectivity index (χ4v) is 7.57. The largest absolute Gasteiger partial charge is 0.508 e. The van der Waals surface area contributed by atoms with E-state index in [4.69, 9.17) is 26.3 Å². The molecule has 0 amide bonds. The zero-order valence-electron chi connectivity index (χ0n) is 23.3. The number of benzene rings is 2. The van der Waals surface area contributed by atoms with Gasteiger partial charge in [0.1, 0.15) is 11.3 Å². The molecule has 2 N–H and O–H groups in total. The van der Waals surface area contributed by atoms with E-state index in [0.29, 0.717) is 29.6 Å². The van der Waals surface area contributed by atoms with E-state index in [2.05, 4.69) is 27.2 Å². The van der Waals surface area contributed by atoms with Crippen molar-refractivity contribution in [3.63, 3.8) is 0 Å². The predicted molar refractivity (Wildman–Crippen MR) is 164 cm³/mol. The number of hydrogen-bond acceptors (Lipinski definition) is 7. The summed E-state index contributed by atoms with van der Waals surface area (Å²) >= 11 is 6.66. The zero-order valence-corrected chi connectivity index (χ0v) is 24.0. The first-order chi connectivity index (χ1) is 20.0. The first-order valence-corrected chi connectivity index (χ1v) is 15.5. The van der Waals surface area contributed by atoms with Crippen LogP contribution in [0.2, 0.25) is 5.02 Å². The quantitative estimate of drug-likeness (QED) is 0.282. The fraction of sp³-hybridized carbons (Fsp3) is 0.455. The standard InChI is InChI=1S/C33H36ClN5O2/c34-27-5-3-4-21-12-25(40)14-26(31(21)27)22-13-28-32(35-16-22)29(39-17-23-6-7-24(18-39)36-23)15-30(37-28)41-20-33(8-9-33)19-38-10-1-2-11-38/h3-5,12-16,23-24,36,40H,1-2,6-11,17-20H2. The number of nitrogens with zero attached hydrogens (tertiary/aromatic N) is 4. The number of hydrogen-bond donors (Lipinski definition) is 2. The van der Waals surface area contributed by atoms with Crippen molar-refractivity contribution in [3.05, 3.63) is 53.7 Å². The number of fused-ring (bicyclic) bond motifs is 4. The van der Waals surface area contributed by atoms with Crippen molar-refractivity contribution in [1.29, 1.82) is 0 Å². The number of anilines is 1. The number of phenols is 1. The van der Waals surface area contributed by atoms with Crippen molar-refractivity contribution in [2.45, 2.75) is 50.6 Å². The predicted octanol–water partition coefficient (Wildman–Crippen LogP) is 6.00. The molecule has 2 unspecified atom stereocenters. The highest BCUT2D eigenvalue weighted by molar-refractivity contribution is 6.36. The molecule has 4 aromatic rings. The Morgan fingerprint density at radius 3 is 2.63 bits per heavy atom. The van der Waals surface area contributed by atoms with E-state index >= 15 is 0 Å². The third-order valence-corrected chi connectivity index (χ3v) is 9.94. The summed E-state index contributed by atoms with van der Waals surface area (Å²) in [5.74, 6) is 0.869. The minimum Gasteiger partial charge on any atom is -0.508 e. The number of ether oxygens (including phenoxy) is 1. The molecule has 41 heavy (non-hydrogen) atoms. The lowest BCUT2D eigenvalue weighted by molar-refractivity contribution is 0.175. The number of phenolic OH excluding ortho intramolecular Hbond substituents is 1. The highest BCUT2D eigenvalue weighted by atomic mass is 35.5. The van der Waals surface area contributed by atoms with Gasteiger partial charge in [-0.05, 0) is 86.8 Å². The average Bonchev–Trinajstić information content (AvgIpc) is 3.37. The summed E-state index contributed by atoms with van der Waals surface area (Å²) in [5.41, 5.74) is 4.75. The van der Waals surface area contributed by atoms with Gasteiger partial charge in [-0.1, -0.05) is 23.7 Å². The van der Waals surface area contributed by atoms with Gasteiger partial charge in [0.15, 0.2) is 0 Å². The zero-order chi connectivity index (χ0) is 27.6. The van der Waals surface area contributed by atoms with Crippen LogP contribution in [0.15, 0.2) is 48.7 Å². The maximum atomic E-state index is 10.5. The maximum absolute atomic E-state index is 10.5. The van der Waals surface area contributed by atoms with Gasteiger partial charge < -0.3 is 25.0 Å². The summed E-state index contributed by atoms with van der Waals surface area (Å²) in [6.07, 6.45) is 9.40. The lowest BCUT2D eigenvalue weighted by Gasteiger charge is -2.35. The molecule has 8 heteroatoms. The number of piperazine rings is 1. The molecule has 4 fully saturated rings. The molecule has 2 aromatic heterocycles. The third-order valence-electron chi connectivity index (χ3n) is 9.62.